The molecular weight excluding hydrogens is 392 g/mol. The minimum atomic E-state index is -0.0727. The van der Waals surface area contributed by atoms with Crippen molar-refractivity contribution < 1.29 is 18.7 Å². The van der Waals surface area contributed by atoms with E-state index in [9.17, 15) is 9.59 Å². The van der Waals surface area contributed by atoms with Crippen molar-refractivity contribution in [2.75, 3.05) is 13.1 Å². The van der Waals surface area contributed by atoms with Crippen molar-refractivity contribution >= 4 is 11.8 Å². The third kappa shape index (κ3) is 5.54. The fourth-order valence-electron chi connectivity index (χ4n) is 3.69. The molecule has 3 aromatic rings. The third-order valence-electron chi connectivity index (χ3n) is 5.52. The van der Waals surface area contributed by atoms with Crippen LogP contribution in [0.4, 0.5) is 0 Å². The molecule has 0 bridgehead atoms. The Bertz CT molecular complexity index is 976. The number of nitrogens with one attached hydrogen (secondary N) is 1. The fourth-order valence-corrected chi connectivity index (χ4v) is 3.69. The lowest BCUT2D eigenvalue weighted by molar-refractivity contribution is -0.126. The summed E-state index contributed by atoms with van der Waals surface area (Å²) >= 11 is 0. The summed E-state index contributed by atoms with van der Waals surface area (Å²) in [4.78, 5) is 27.0. The van der Waals surface area contributed by atoms with Gasteiger partial charge >= 0.3 is 0 Å². The Morgan fingerprint density at radius 3 is 2.39 bits per heavy atom. The minimum absolute atomic E-state index is 0.00460. The van der Waals surface area contributed by atoms with Crippen molar-refractivity contribution in [3.63, 3.8) is 0 Å². The van der Waals surface area contributed by atoms with Crippen molar-refractivity contribution in [3.05, 3.63) is 89.9 Å². The lowest BCUT2D eigenvalue weighted by atomic mass is 9.95. The molecule has 0 unspecified atom stereocenters. The first-order valence-electron chi connectivity index (χ1n) is 10.6. The van der Waals surface area contributed by atoms with E-state index in [0.717, 1.165) is 17.1 Å². The molecule has 160 valence electrons. The van der Waals surface area contributed by atoms with E-state index >= 15 is 0 Å². The van der Waals surface area contributed by atoms with Crippen LogP contribution in [0.5, 0.6) is 5.75 Å². The number of rotatable bonds is 7. The average molecular weight is 418 g/mol. The number of benzene rings is 2. The Hall–Kier alpha value is -3.54. The first kappa shape index (κ1) is 20.7. The Morgan fingerprint density at radius 1 is 0.968 bits per heavy atom. The number of likely N-dealkylation sites (tertiary alicyclic amines) is 1. The molecule has 2 aromatic carbocycles. The first-order valence-corrected chi connectivity index (χ1v) is 10.6. The number of para-hydroxylation sites is 1. The second-order valence-corrected chi connectivity index (χ2v) is 7.66. The van der Waals surface area contributed by atoms with Crippen LogP contribution in [-0.4, -0.2) is 29.8 Å². The molecule has 6 heteroatoms. The Balaban J connectivity index is 1.24. The maximum absolute atomic E-state index is 12.8. The lowest BCUT2D eigenvalue weighted by Crippen LogP contribution is -2.42. The summed E-state index contributed by atoms with van der Waals surface area (Å²) < 4.78 is 11.0. The first-order chi connectivity index (χ1) is 15.2. The van der Waals surface area contributed by atoms with E-state index in [4.69, 9.17) is 9.15 Å². The number of amides is 2. The van der Waals surface area contributed by atoms with Gasteiger partial charge in [0.05, 0.1) is 12.8 Å². The van der Waals surface area contributed by atoms with Crippen LogP contribution in [0.15, 0.2) is 77.4 Å². The smallest absolute Gasteiger partial charge is 0.253 e. The van der Waals surface area contributed by atoms with Gasteiger partial charge in [-0.3, -0.25) is 9.59 Å². The predicted octanol–water partition coefficient (Wildman–Crippen LogP) is 4.03. The van der Waals surface area contributed by atoms with Crippen LogP contribution in [0.2, 0.25) is 0 Å². The molecule has 0 atom stereocenters. The predicted molar refractivity (Wildman–Crippen MR) is 116 cm³/mol. The summed E-state index contributed by atoms with van der Waals surface area (Å²) in [6, 6.07) is 20.8. The van der Waals surface area contributed by atoms with E-state index < -0.39 is 0 Å². The van der Waals surface area contributed by atoms with Crippen molar-refractivity contribution in [2.24, 2.45) is 5.92 Å². The van der Waals surface area contributed by atoms with Gasteiger partial charge in [0.2, 0.25) is 5.91 Å². The zero-order chi connectivity index (χ0) is 21.5. The molecule has 1 fully saturated rings. The molecule has 1 aromatic heterocycles. The number of carbonyl (C=O) groups excluding carboxylic acids is 2. The summed E-state index contributed by atoms with van der Waals surface area (Å²) in [7, 11) is 0. The van der Waals surface area contributed by atoms with Gasteiger partial charge in [0.1, 0.15) is 18.1 Å². The van der Waals surface area contributed by atoms with E-state index in [1.54, 1.807) is 12.3 Å². The summed E-state index contributed by atoms with van der Waals surface area (Å²) in [6.07, 6.45) is 2.92. The van der Waals surface area contributed by atoms with Gasteiger partial charge in [-0.25, -0.2) is 0 Å². The maximum atomic E-state index is 12.8. The van der Waals surface area contributed by atoms with Crippen molar-refractivity contribution in [2.45, 2.75) is 26.0 Å². The van der Waals surface area contributed by atoms with Crippen LogP contribution in [0, 0.1) is 5.92 Å². The van der Waals surface area contributed by atoms with Crippen molar-refractivity contribution in [3.8, 4) is 5.75 Å². The molecule has 2 heterocycles. The third-order valence-corrected chi connectivity index (χ3v) is 5.52. The SMILES string of the molecule is O=C(NCc1ccco1)C1CCN(C(=O)c2ccc(COc3ccccc3)cc2)CC1. The lowest BCUT2D eigenvalue weighted by Gasteiger charge is -2.31. The number of ether oxygens (including phenoxy) is 1. The van der Waals surface area contributed by atoms with Gasteiger partial charge < -0.3 is 19.4 Å². The Labute approximate surface area is 181 Å². The van der Waals surface area contributed by atoms with E-state index in [-0.39, 0.29) is 17.7 Å². The van der Waals surface area contributed by atoms with Crippen LogP contribution in [0.25, 0.3) is 0 Å². The zero-order valence-electron chi connectivity index (χ0n) is 17.3. The molecule has 1 N–H and O–H groups in total. The Morgan fingerprint density at radius 2 is 1.71 bits per heavy atom. The minimum Gasteiger partial charge on any atom is -0.489 e. The standard InChI is InChI=1S/C25H26N2O4/c28-24(26-17-23-7-4-16-30-23)20-12-14-27(15-13-20)25(29)21-10-8-19(9-11-21)18-31-22-5-2-1-3-6-22/h1-11,16,20H,12-15,17-18H2,(H,26,28). The van der Waals surface area contributed by atoms with Crippen LogP contribution in [0.1, 0.15) is 34.5 Å². The molecule has 1 aliphatic rings. The van der Waals surface area contributed by atoms with Gasteiger partial charge in [-0.2, -0.15) is 0 Å². The largest absolute Gasteiger partial charge is 0.489 e. The molecular formula is C25H26N2O4. The second-order valence-electron chi connectivity index (χ2n) is 7.66. The number of furan rings is 1. The zero-order valence-corrected chi connectivity index (χ0v) is 17.3. The topological polar surface area (TPSA) is 71.8 Å². The highest BCUT2D eigenvalue weighted by Gasteiger charge is 2.27. The normalized spacial score (nSPS) is 14.3. The van der Waals surface area contributed by atoms with Crippen LogP contribution >= 0.6 is 0 Å². The molecule has 6 nitrogen and oxygen atoms in total. The highest BCUT2D eigenvalue weighted by molar-refractivity contribution is 5.94. The van der Waals surface area contributed by atoms with Crippen LogP contribution < -0.4 is 10.1 Å². The number of nitrogens with zero attached hydrogens (tertiary/aromatic N) is 1. The van der Waals surface area contributed by atoms with Crippen LogP contribution in [-0.2, 0) is 17.9 Å². The highest BCUT2D eigenvalue weighted by Crippen LogP contribution is 2.20. The molecule has 0 aliphatic carbocycles. The molecule has 0 spiro atoms. The van der Waals surface area contributed by atoms with E-state index in [1.807, 2.05) is 65.6 Å². The monoisotopic (exact) mass is 418 g/mol. The molecule has 1 saturated heterocycles. The van der Waals surface area contributed by atoms with Crippen molar-refractivity contribution in [1.82, 2.24) is 10.2 Å². The summed E-state index contributed by atoms with van der Waals surface area (Å²) in [5.74, 6) is 1.50. The number of hydrogen-bond donors (Lipinski definition) is 1. The molecule has 0 radical (unpaired) electrons. The van der Waals surface area contributed by atoms with Gasteiger partial charge in [-0.05, 0) is 54.8 Å². The van der Waals surface area contributed by atoms with Gasteiger partial charge in [0, 0.05) is 24.6 Å². The summed E-state index contributed by atoms with van der Waals surface area (Å²) in [5.41, 5.74) is 1.66. The van der Waals surface area contributed by atoms with Crippen LogP contribution in [0.3, 0.4) is 0 Å². The van der Waals surface area contributed by atoms with Gasteiger partial charge in [0.25, 0.3) is 5.91 Å². The van der Waals surface area contributed by atoms with Gasteiger partial charge in [-0.1, -0.05) is 30.3 Å². The Kier molecular flexibility index (Phi) is 6.67. The quantitative estimate of drug-likeness (QED) is 0.629. The van der Waals surface area contributed by atoms with E-state index in [1.165, 1.54) is 0 Å². The van der Waals surface area contributed by atoms with Gasteiger partial charge in [0.15, 0.2) is 0 Å². The highest BCUT2D eigenvalue weighted by atomic mass is 16.5. The van der Waals surface area contributed by atoms with E-state index in [2.05, 4.69) is 5.32 Å². The number of piperidine rings is 1. The molecule has 1 aliphatic heterocycles. The summed E-state index contributed by atoms with van der Waals surface area (Å²) in [5, 5.41) is 2.91. The maximum Gasteiger partial charge on any atom is 0.253 e. The number of carbonyl (C=O) groups is 2. The molecule has 2 amide bonds. The molecule has 31 heavy (non-hydrogen) atoms. The average Bonchev–Trinajstić information content (AvgIpc) is 3.36. The van der Waals surface area contributed by atoms with E-state index in [0.29, 0.717) is 44.6 Å². The fraction of sp³-hybridized carbons (Fsp3) is 0.280. The second kappa shape index (κ2) is 9.98. The van der Waals surface area contributed by atoms with Crippen molar-refractivity contribution in [1.29, 1.82) is 0 Å². The molecule has 0 saturated carbocycles. The van der Waals surface area contributed by atoms with Gasteiger partial charge in [-0.15, -0.1) is 0 Å². The molecule has 4 rings (SSSR count). The number of hydrogen-bond acceptors (Lipinski definition) is 4. The summed E-state index contributed by atoms with van der Waals surface area (Å²) in [6.45, 7) is 2.01.